The van der Waals surface area contributed by atoms with Gasteiger partial charge >= 0.3 is 0 Å². The maximum atomic E-state index is 11.7. The Morgan fingerprint density at radius 3 is 2.81 bits per heavy atom. The van der Waals surface area contributed by atoms with Gasteiger partial charge in [0, 0.05) is 4.88 Å². The number of rotatable bonds is 2. The highest BCUT2D eigenvalue weighted by Gasteiger charge is 2.09. The lowest BCUT2D eigenvalue weighted by atomic mass is 10.3. The van der Waals surface area contributed by atoms with E-state index in [-0.39, 0.29) is 5.56 Å². The first kappa shape index (κ1) is 11.5. The van der Waals surface area contributed by atoms with E-state index < -0.39 is 0 Å². The van der Waals surface area contributed by atoms with Crippen molar-refractivity contribution in [3.05, 3.63) is 37.5 Å². The largest absolute Gasteiger partial charge is 0.305 e. The molecule has 0 amide bonds. The predicted octanol–water partition coefficient (Wildman–Crippen LogP) is 3.13. The molecule has 0 unspecified atom stereocenters. The Morgan fingerprint density at radius 2 is 2.25 bits per heavy atom. The van der Waals surface area contributed by atoms with Crippen LogP contribution in [0, 0.1) is 6.92 Å². The second kappa shape index (κ2) is 4.51. The summed E-state index contributed by atoms with van der Waals surface area (Å²) in [6.07, 6.45) is 0.738. The Balaban J connectivity index is 2.59. The maximum absolute atomic E-state index is 11.7. The van der Waals surface area contributed by atoms with Crippen LogP contribution in [0.15, 0.2) is 21.4 Å². The molecule has 2 aromatic heterocycles. The SMILES string of the molecule is CCc1nc(-c2ccc(C)s2)[nH]c(=O)c1Br. The number of hydrogen-bond acceptors (Lipinski definition) is 3. The topological polar surface area (TPSA) is 45.8 Å². The monoisotopic (exact) mass is 298 g/mol. The molecular weight excluding hydrogens is 288 g/mol. The van der Waals surface area contributed by atoms with Crippen LogP contribution in [-0.2, 0) is 6.42 Å². The van der Waals surface area contributed by atoms with Crippen LogP contribution >= 0.6 is 27.3 Å². The van der Waals surface area contributed by atoms with Gasteiger partial charge in [-0.15, -0.1) is 11.3 Å². The highest BCUT2D eigenvalue weighted by Crippen LogP contribution is 2.25. The summed E-state index contributed by atoms with van der Waals surface area (Å²) in [7, 11) is 0. The van der Waals surface area contributed by atoms with E-state index in [1.165, 1.54) is 4.88 Å². The van der Waals surface area contributed by atoms with Crippen LogP contribution in [0.1, 0.15) is 17.5 Å². The molecule has 0 saturated carbocycles. The van der Waals surface area contributed by atoms with E-state index in [0.717, 1.165) is 17.0 Å². The van der Waals surface area contributed by atoms with Gasteiger partial charge in [0.2, 0.25) is 0 Å². The summed E-state index contributed by atoms with van der Waals surface area (Å²) in [5.41, 5.74) is 0.678. The molecule has 0 spiro atoms. The smallest absolute Gasteiger partial charge is 0.265 e. The lowest BCUT2D eigenvalue weighted by Crippen LogP contribution is -2.12. The first-order valence-electron chi connectivity index (χ1n) is 4.97. The molecule has 0 bridgehead atoms. The van der Waals surface area contributed by atoms with Gasteiger partial charge in [-0.3, -0.25) is 4.79 Å². The van der Waals surface area contributed by atoms with E-state index in [1.54, 1.807) is 11.3 Å². The zero-order chi connectivity index (χ0) is 11.7. The van der Waals surface area contributed by atoms with Gasteiger partial charge in [-0.05, 0) is 41.4 Å². The summed E-state index contributed by atoms with van der Waals surface area (Å²) in [6, 6.07) is 4.00. The normalized spacial score (nSPS) is 10.7. The Labute approximate surface area is 106 Å². The molecular formula is C11H11BrN2OS. The first-order chi connectivity index (χ1) is 7.61. The highest BCUT2D eigenvalue weighted by molar-refractivity contribution is 9.10. The van der Waals surface area contributed by atoms with Crippen LogP contribution in [0.25, 0.3) is 10.7 Å². The van der Waals surface area contributed by atoms with Crippen molar-refractivity contribution in [3.63, 3.8) is 0 Å². The Morgan fingerprint density at radius 1 is 1.50 bits per heavy atom. The van der Waals surface area contributed by atoms with Crippen LogP contribution in [0.5, 0.6) is 0 Å². The van der Waals surface area contributed by atoms with Crippen LogP contribution in [-0.4, -0.2) is 9.97 Å². The quantitative estimate of drug-likeness (QED) is 0.926. The fraction of sp³-hybridized carbons (Fsp3) is 0.273. The number of halogens is 1. The van der Waals surface area contributed by atoms with Gasteiger partial charge in [0.15, 0.2) is 5.82 Å². The third kappa shape index (κ3) is 2.10. The maximum Gasteiger partial charge on any atom is 0.265 e. The van der Waals surface area contributed by atoms with Crippen molar-refractivity contribution in [2.75, 3.05) is 0 Å². The zero-order valence-corrected chi connectivity index (χ0v) is 11.4. The number of aryl methyl sites for hydroxylation is 2. The van der Waals surface area contributed by atoms with E-state index >= 15 is 0 Å². The van der Waals surface area contributed by atoms with Crippen LogP contribution in [0.4, 0.5) is 0 Å². The number of hydrogen-bond donors (Lipinski definition) is 1. The Hall–Kier alpha value is -0.940. The number of thiophene rings is 1. The molecule has 0 aliphatic heterocycles. The molecule has 0 atom stereocenters. The van der Waals surface area contributed by atoms with Crippen molar-refractivity contribution < 1.29 is 0 Å². The minimum absolute atomic E-state index is 0.118. The van der Waals surface area contributed by atoms with Crippen molar-refractivity contribution in [2.24, 2.45) is 0 Å². The van der Waals surface area contributed by atoms with Gasteiger partial charge in [0.05, 0.1) is 10.6 Å². The molecule has 5 heteroatoms. The zero-order valence-electron chi connectivity index (χ0n) is 9.00. The van der Waals surface area contributed by atoms with Gasteiger partial charge in [0.1, 0.15) is 4.47 Å². The van der Waals surface area contributed by atoms with Crippen molar-refractivity contribution in [1.82, 2.24) is 9.97 Å². The molecule has 0 aromatic carbocycles. The van der Waals surface area contributed by atoms with Crippen molar-refractivity contribution >= 4 is 27.3 Å². The van der Waals surface area contributed by atoms with Gasteiger partial charge < -0.3 is 4.98 Å². The lowest BCUT2D eigenvalue weighted by Gasteiger charge is -2.02. The summed E-state index contributed by atoms with van der Waals surface area (Å²) >= 11 is 4.88. The van der Waals surface area contributed by atoms with Gasteiger partial charge in [-0.2, -0.15) is 0 Å². The Bertz CT molecular complexity index is 574. The van der Waals surface area contributed by atoms with Crippen LogP contribution < -0.4 is 5.56 Å². The number of nitrogens with zero attached hydrogens (tertiary/aromatic N) is 1. The highest BCUT2D eigenvalue weighted by atomic mass is 79.9. The van der Waals surface area contributed by atoms with E-state index in [4.69, 9.17) is 0 Å². The molecule has 0 radical (unpaired) electrons. The van der Waals surface area contributed by atoms with E-state index in [2.05, 4.69) is 25.9 Å². The molecule has 2 aromatic rings. The van der Waals surface area contributed by atoms with Crippen LogP contribution in [0.2, 0.25) is 0 Å². The molecule has 0 aliphatic carbocycles. The van der Waals surface area contributed by atoms with Crippen molar-refractivity contribution in [3.8, 4) is 10.7 Å². The number of H-pyrrole nitrogens is 1. The average molecular weight is 299 g/mol. The van der Waals surface area contributed by atoms with Crippen molar-refractivity contribution in [2.45, 2.75) is 20.3 Å². The average Bonchev–Trinajstić information content (AvgIpc) is 2.69. The number of nitrogens with one attached hydrogen (secondary N) is 1. The summed E-state index contributed by atoms with van der Waals surface area (Å²) < 4.78 is 0.534. The van der Waals surface area contributed by atoms with E-state index in [1.807, 2.05) is 26.0 Å². The molecule has 1 N–H and O–H groups in total. The fourth-order valence-electron chi connectivity index (χ4n) is 1.42. The van der Waals surface area contributed by atoms with Crippen molar-refractivity contribution in [1.29, 1.82) is 0 Å². The standard InChI is InChI=1S/C11H11BrN2OS/c1-3-7-9(12)11(15)14-10(13-7)8-5-4-6(2)16-8/h4-5H,3H2,1-2H3,(H,13,14,15). The lowest BCUT2D eigenvalue weighted by molar-refractivity contribution is 0.973. The van der Waals surface area contributed by atoms with E-state index in [0.29, 0.717) is 10.3 Å². The summed E-state index contributed by atoms with van der Waals surface area (Å²) in [4.78, 5) is 21.1. The van der Waals surface area contributed by atoms with Gasteiger partial charge in [0.25, 0.3) is 5.56 Å². The minimum Gasteiger partial charge on any atom is -0.305 e. The molecule has 2 heterocycles. The second-order valence-electron chi connectivity index (χ2n) is 3.44. The summed E-state index contributed by atoms with van der Waals surface area (Å²) in [5, 5.41) is 0. The molecule has 84 valence electrons. The second-order valence-corrected chi connectivity index (χ2v) is 5.52. The molecule has 16 heavy (non-hydrogen) atoms. The van der Waals surface area contributed by atoms with Gasteiger partial charge in [-0.1, -0.05) is 6.92 Å². The number of aromatic amines is 1. The predicted molar refractivity (Wildman–Crippen MR) is 70.0 cm³/mol. The molecule has 0 aliphatic rings. The fourth-order valence-corrected chi connectivity index (χ4v) is 2.70. The molecule has 0 fully saturated rings. The third-order valence-electron chi connectivity index (χ3n) is 2.24. The van der Waals surface area contributed by atoms with Gasteiger partial charge in [-0.25, -0.2) is 4.98 Å². The Kier molecular flexibility index (Phi) is 3.25. The summed E-state index contributed by atoms with van der Waals surface area (Å²) in [6.45, 7) is 4.02. The number of aromatic nitrogens is 2. The first-order valence-corrected chi connectivity index (χ1v) is 6.58. The summed E-state index contributed by atoms with van der Waals surface area (Å²) in [5.74, 6) is 0.656. The molecule has 2 rings (SSSR count). The molecule has 3 nitrogen and oxygen atoms in total. The molecule has 0 saturated heterocycles. The van der Waals surface area contributed by atoms with Crippen LogP contribution in [0.3, 0.4) is 0 Å². The minimum atomic E-state index is -0.118. The van der Waals surface area contributed by atoms with E-state index in [9.17, 15) is 4.79 Å². The third-order valence-corrected chi connectivity index (χ3v) is 4.07.